The van der Waals surface area contributed by atoms with Crippen LogP contribution in [0.1, 0.15) is 49.7 Å². The van der Waals surface area contributed by atoms with Gasteiger partial charge < -0.3 is 20.5 Å². The van der Waals surface area contributed by atoms with E-state index >= 15 is 0 Å². The van der Waals surface area contributed by atoms with E-state index in [0.29, 0.717) is 46.6 Å². The summed E-state index contributed by atoms with van der Waals surface area (Å²) >= 11 is 12.3. The lowest BCUT2D eigenvalue weighted by Crippen LogP contribution is -2.41. The van der Waals surface area contributed by atoms with Crippen molar-refractivity contribution >= 4 is 40.9 Å². The van der Waals surface area contributed by atoms with E-state index in [2.05, 4.69) is 16.0 Å². The van der Waals surface area contributed by atoms with Crippen LogP contribution in [0.25, 0.3) is 5.82 Å². The SMILES string of the molecule is O=C(NCc1cccc(Cl)c1)[C@@H](CC1CCCCC1)Nc1cc(-n2cccc2)nc(NCc2cccc(Cl)c2)n1. The molecule has 3 N–H and O–H groups in total. The highest BCUT2D eigenvalue weighted by atomic mass is 35.5. The summed E-state index contributed by atoms with van der Waals surface area (Å²) in [5, 5.41) is 11.2. The number of amides is 1. The van der Waals surface area contributed by atoms with Gasteiger partial charge >= 0.3 is 0 Å². The summed E-state index contributed by atoms with van der Waals surface area (Å²) in [6, 6.07) is 20.6. The van der Waals surface area contributed by atoms with Gasteiger partial charge in [-0.15, -0.1) is 0 Å². The summed E-state index contributed by atoms with van der Waals surface area (Å²) < 4.78 is 1.92. The van der Waals surface area contributed by atoms with Crippen LogP contribution in [0.5, 0.6) is 0 Å². The van der Waals surface area contributed by atoms with E-state index in [4.69, 9.17) is 33.2 Å². The van der Waals surface area contributed by atoms with Crippen LogP contribution in [0.15, 0.2) is 79.1 Å². The van der Waals surface area contributed by atoms with Gasteiger partial charge in [0.1, 0.15) is 17.7 Å². The van der Waals surface area contributed by atoms with Crippen LogP contribution in [0.4, 0.5) is 11.8 Å². The summed E-state index contributed by atoms with van der Waals surface area (Å²) in [5.41, 5.74) is 1.98. The van der Waals surface area contributed by atoms with Gasteiger partial charge in [-0.1, -0.05) is 79.6 Å². The first-order valence-corrected chi connectivity index (χ1v) is 14.6. The summed E-state index contributed by atoms with van der Waals surface area (Å²) in [5.74, 6) is 2.19. The van der Waals surface area contributed by atoms with Crippen LogP contribution in [-0.2, 0) is 17.9 Å². The molecule has 5 rings (SSSR count). The Morgan fingerprint density at radius 3 is 2.23 bits per heavy atom. The maximum absolute atomic E-state index is 13.5. The molecule has 1 saturated carbocycles. The fourth-order valence-electron chi connectivity index (χ4n) is 5.16. The van der Waals surface area contributed by atoms with Gasteiger partial charge in [0, 0.05) is 41.6 Å². The van der Waals surface area contributed by atoms with Gasteiger partial charge in [0.25, 0.3) is 0 Å². The molecule has 2 aromatic carbocycles. The number of nitrogens with one attached hydrogen (secondary N) is 3. The fourth-order valence-corrected chi connectivity index (χ4v) is 5.59. The lowest BCUT2D eigenvalue weighted by Gasteiger charge is -2.27. The van der Waals surface area contributed by atoms with Gasteiger partial charge in [-0.2, -0.15) is 9.97 Å². The molecule has 0 bridgehead atoms. The number of benzene rings is 2. The molecule has 208 valence electrons. The Morgan fingerprint density at radius 2 is 1.55 bits per heavy atom. The van der Waals surface area contributed by atoms with E-state index in [1.165, 1.54) is 19.3 Å². The molecule has 1 aliphatic rings. The molecule has 9 heteroatoms. The van der Waals surface area contributed by atoms with Crippen molar-refractivity contribution in [1.29, 1.82) is 0 Å². The second-order valence-corrected chi connectivity index (χ2v) is 11.2. The standard InChI is InChI=1S/C31H34Cl2N6O/c32-25-12-6-10-23(16-25)20-34-30(40)27(18-22-8-2-1-3-9-22)36-28-19-29(39-14-4-5-15-39)38-31(37-28)35-21-24-11-7-13-26(33)17-24/h4-7,10-17,19,22,27H,1-3,8-9,18,20-21H2,(H,34,40)(H2,35,36,37,38)/t27-/m1/s1. The summed E-state index contributed by atoms with van der Waals surface area (Å²) in [6.07, 6.45) is 10.6. The van der Waals surface area contributed by atoms with Gasteiger partial charge in [0.2, 0.25) is 11.9 Å². The molecule has 0 spiro atoms. The smallest absolute Gasteiger partial charge is 0.242 e. The van der Waals surface area contributed by atoms with Crippen LogP contribution < -0.4 is 16.0 Å². The molecular weight excluding hydrogens is 543 g/mol. The topological polar surface area (TPSA) is 83.9 Å². The van der Waals surface area contributed by atoms with Crippen molar-refractivity contribution in [2.75, 3.05) is 10.6 Å². The number of hydrogen-bond acceptors (Lipinski definition) is 5. The van der Waals surface area contributed by atoms with Gasteiger partial charge in [0.05, 0.1) is 0 Å². The molecular formula is C31H34Cl2N6O. The van der Waals surface area contributed by atoms with Crippen LogP contribution >= 0.6 is 23.2 Å². The minimum atomic E-state index is -0.435. The predicted octanol–water partition coefficient (Wildman–Crippen LogP) is 7.25. The van der Waals surface area contributed by atoms with E-state index < -0.39 is 6.04 Å². The van der Waals surface area contributed by atoms with E-state index in [1.54, 1.807) is 0 Å². The van der Waals surface area contributed by atoms with Gasteiger partial charge in [-0.25, -0.2) is 0 Å². The number of aromatic nitrogens is 3. The third kappa shape index (κ3) is 7.99. The molecule has 1 amide bonds. The van der Waals surface area contributed by atoms with Crippen molar-refractivity contribution in [2.45, 2.75) is 57.7 Å². The van der Waals surface area contributed by atoms with Crippen LogP contribution in [0, 0.1) is 5.92 Å². The fraction of sp³-hybridized carbons (Fsp3) is 0.323. The second-order valence-electron chi connectivity index (χ2n) is 10.3. The summed E-state index contributed by atoms with van der Waals surface area (Å²) in [4.78, 5) is 23.0. The Balaban J connectivity index is 1.36. The number of carbonyl (C=O) groups is 1. The molecule has 2 heterocycles. The maximum atomic E-state index is 13.5. The van der Waals surface area contributed by atoms with Crippen LogP contribution in [-0.4, -0.2) is 26.5 Å². The Kier molecular flexibility index (Phi) is 9.58. The summed E-state index contributed by atoms with van der Waals surface area (Å²) in [7, 11) is 0. The monoisotopic (exact) mass is 576 g/mol. The third-order valence-electron chi connectivity index (χ3n) is 7.21. The number of carbonyl (C=O) groups excluding carboxylic acids is 1. The van der Waals surface area contributed by atoms with Crippen molar-refractivity contribution in [1.82, 2.24) is 19.9 Å². The zero-order chi connectivity index (χ0) is 27.7. The zero-order valence-electron chi connectivity index (χ0n) is 22.3. The average molecular weight is 578 g/mol. The molecule has 1 atom stereocenters. The van der Waals surface area contributed by atoms with Crippen molar-refractivity contribution in [2.24, 2.45) is 5.92 Å². The molecule has 0 radical (unpaired) electrons. The maximum Gasteiger partial charge on any atom is 0.242 e. The average Bonchev–Trinajstić information content (AvgIpc) is 3.51. The number of halogens is 2. The minimum absolute atomic E-state index is 0.0555. The van der Waals surface area contributed by atoms with Crippen molar-refractivity contribution in [3.63, 3.8) is 0 Å². The molecule has 0 unspecified atom stereocenters. The molecule has 1 fully saturated rings. The van der Waals surface area contributed by atoms with Crippen molar-refractivity contribution < 1.29 is 4.79 Å². The van der Waals surface area contributed by atoms with E-state index in [-0.39, 0.29) is 5.91 Å². The highest BCUT2D eigenvalue weighted by Crippen LogP contribution is 2.28. The largest absolute Gasteiger partial charge is 0.358 e. The molecule has 0 aliphatic heterocycles. The number of hydrogen-bond donors (Lipinski definition) is 3. The minimum Gasteiger partial charge on any atom is -0.358 e. The second kappa shape index (κ2) is 13.7. The van der Waals surface area contributed by atoms with Gasteiger partial charge in [-0.05, 0) is 59.9 Å². The third-order valence-corrected chi connectivity index (χ3v) is 7.68. The first-order chi connectivity index (χ1) is 19.5. The highest BCUT2D eigenvalue weighted by molar-refractivity contribution is 6.30. The van der Waals surface area contributed by atoms with E-state index in [0.717, 1.165) is 30.4 Å². The predicted molar refractivity (Wildman–Crippen MR) is 162 cm³/mol. The normalized spacial score (nSPS) is 14.4. The number of anilines is 2. The molecule has 2 aromatic heterocycles. The van der Waals surface area contributed by atoms with E-state index in [9.17, 15) is 4.79 Å². The lowest BCUT2D eigenvalue weighted by molar-refractivity contribution is -0.122. The quantitative estimate of drug-likeness (QED) is 0.175. The Bertz CT molecular complexity index is 1400. The summed E-state index contributed by atoms with van der Waals surface area (Å²) in [6.45, 7) is 0.924. The Morgan fingerprint density at radius 1 is 0.875 bits per heavy atom. The lowest BCUT2D eigenvalue weighted by atomic mass is 9.84. The van der Waals surface area contributed by atoms with Crippen LogP contribution in [0.2, 0.25) is 10.0 Å². The molecule has 1 aliphatic carbocycles. The Hall–Kier alpha value is -3.55. The van der Waals surface area contributed by atoms with Crippen LogP contribution in [0.3, 0.4) is 0 Å². The number of nitrogens with zero attached hydrogens (tertiary/aromatic N) is 3. The molecule has 0 saturated heterocycles. The number of rotatable bonds is 11. The first kappa shape index (κ1) is 28.0. The van der Waals surface area contributed by atoms with Gasteiger partial charge in [0.15, 0.2) is 0 Å². The zero-order valence-corrected chi connectivity index (χ0v) is 23.8. The van der Waals surface area contributed by atoms with E-state index in [1.807, 2.05) is 83.7 Å². The molecule has 40 heavy (non-hydrogen) atoms. The molecule has 4 aromatic rings. The highest BCUT2D eigenvalue weighted by Gasteiger charge is 2.25. The Labute approximate surface area is 245 Å². The first-order valence-electron chi connectivity index (χ1n) is 13.8. The van der Waals surface area contributed by atoms with Crippen molar-refractivity contribution in [3.8, 4) is 5.82 Å². The molecule has 7 nitrogen and oxygen atoms in total. The van der Waals surface area contributed by atoms with Gasteiger partial charge in [-0.3, -0.25) is 4.79 Å². The van der Waals surface area contributed by atoms with Crippen molar-refractivity contribution in [3.05, 3.63) is 100 Å².